The zero-order chi connectivity index (χ0) is 19.5. The summed E-state index contributed by atoms with van der Waals surface area (Å²) in [7, 11) is 0. The lowest BCUT2D eigenvalue weighted by Crippen LogP contribution is -2.30. The van der Waals surface area contributed by atoms with E-state index in [0.717, 1.165) is 17.7 Å². The van der Waals surface area contributed by atoms with E-state index >= 15 is 0 Å². The first-order valence-corrected chi connectivity index (χ1v) is 9.33. The van der Waals surface area contributed by atoms with Crippen LogP contribution in [0.25, 0.3) is 0 Å². The Morgan fingerprint density at radius 1 is 1.18 bits per heavy atom. The molecule has 3 aromatic rings. The molecular formula is C21H21N5O2. The molecule has 2 N–H and O–H groups in total. The van der Waals surface area contributed by atoms with Crippen LogP contribution in [0.15, 0.2) is 54.9 Å². The summed E-state index contributed by atoms with van der Waals surface area (Å²) in [5.74, 6) is 0.320. The fraction of sp³-hybridized carbons (Fsp3) is 0.238. The summed E-state index contributed by atoms with van der Waals surface area (Å²) in [5, 5.41) is 9.74. The lowest BCUT2D eigenvalue weighted by Gasteiger charge is -2.18. The minimum absolute atomic E-state index is 0.0768. The fourth-order valence-corrected chi connectivity index (χ4v) is 3.49. The normalized spacial score (nSPS) is 15.3. The SMILES string of the molecule is CCCNC(=O)c1ccc2c(c1)C(c1ncn[nH]1)CN2C(=O)c1ccccc1. The maximum absolute atomic E-state index is 13.1. The van der Waals surface area contributed by atoms with E-state index < -0.39 is 0 Å². The standard InChI is InChI=1S/C21H21N5O2/c1-2-10-22-20(27)15-8-9-18-16(11-15)17(19-23-13-24-25-19)12-26(18)21(28)14-6-4-3-5-7-14/h3-9,11,13,17H,2,10,12H2,1H3,(H,22,27)(H,23,24,25). The predicted octanol–water partition coefficient (Wildman–Crippen LogP) is 2.74. The highest BCUT2D eigenvalue weighted by molar-refractivity contribution is 6.08. The Labute approximate surface area is 162 Å². The minimum Gasteiger partial charge on any atom is -0.352 e. The topological polar surface area (TPSA) is 91.0 Å². The molecule has 1 aliphatic rings. The van der Waals surface area contributed by atoms with E-state index in [0.29, 0.717) is 30.0 Å². The first-order valence-electron chi connectivity index (χ1n) is 9.33. The number of amides is 2. The van der Waals surface area contributed by atoms with Crippen molar-refractivity contribution >= 4 is 17.5 Å². The van der Waals surface area contributed by atoms with Crippen LogP contribution >= 0.6 is 0 Å². The Morgan fingerprint density at radius 2 is 2.00 bits per heavy atom. The molecule has 0 aliphatic carbocycles. The molecule has 2 aromatic carbocycles. The Bertz CT molecular complexity index is 985. The number of hydrogen-bond donors (Lipinski definition) is 2. The zero-order valence-corrected chi connectivity index (χ0v) is 15.6. The van der Waals surface area contributed by atoms with Crippen LogP contribution in [0, 0.1) is 0 Å². The van der Waals surface area contributed by atoms with Crippen molar-refractivity contribution in [3.8, 4) is 0 Å². The van der Waals surface area contributed by atoms with E-state index in [1.807, 2.05) is 37.3 Å². The van der Waals surface area contributed by atoms with Crippen molar-refractivity contribution in [3.63, 3.8) is 0 Å². The van der Waals surface area contributed by atoms with Crippen LogP contribution in [0.4, 0.5) is 5.69 Å². The van der Waals surface area contributed by atoms with Gasteiger partial charge in [-0.05, 0) is 42.3 Å². The second-order valence-corrected chi connectivity index (χ2v) is 6.73. The number of aromatic nitrogens is 3. The molecule has 142 valence electrons. The molecule has 28 heavy (non-hydrogen) atoms. The monoisotopic (exact) mass is 375 g/mol. The van der Waals surface area contributed by atoms with E-state index in [-0.39, 0.29) is 17.7 Å². The third-order valence-corrected chi connectivity index (χ3v) is 4.89. The summed E-state index contributed by atoms with van der Waals surface area (Å²) >= 11 is 0. The summed E-state index contributed by atoms with van der Waals surface area (Å²) < 4.78 is 0. The molecule has 2 heterocycles. The van der Waals surface area contributed by atoms with Gasteiger partial charge in [-0.1, -0.05) is 25.1 Å². The van der Waals surface area contributed by atoms with Crippen LogP contribution in [-0.2, 0) is 0 Å². The molecule has 7 nitrogen and oxygen atoms in total. The molecule has 1 unspecified atom stereocenters. The van der Waals surface area contributed by atoms with E-state index in [9.17, 15) is 9.59 Å². The summed E-state index contributed by atoms with van der Waals surface area (Å²) in [6, 6.07) is 14.6. The van der Waals surface area contributed by atoms with E-state index in [1.54, 1.807) is 23.1 Å². The number of rotatable bonds is 5. The van der Waals surface area contributed by atoms with Crippen LogP contribution in [0.3, 0.4) is 0 Å². The Balaban J connectivity index is 1.72. The second-order valence-electron chi connectivity index (χ2n) is 6.73. The number of anilines is 1. The van der Waals surface area contributed by atoms with E-state index in [1.165, 1.54) is 6.33 Å². The van der Waals surface area contributed by atoms with Crippen LogP contribution in [0.1, 0.15) is 51.4 Å². The number of carbonyl (C=O) groups excluding carboxylic acids is 2. The molecule has 4 rings (SSSR count). The lowest BCUT2D eigenvalue weighted by molar-refractivity contribution is 0.0952. The van der Waals surface area contributed by atoms with Crippen LogP contribution in [0.2, 0.25) is 0 Å². The van der Waals surface area contributed by atoms with Crippen molar-refractivity contribution in [2.75, 3.05) is 18.0 Å². The number of hydrogen-bond acceptors (Lipinski definition) is 4. The molecule has 0 radical (unpaired) electrons. The Morgan fingerprint density at radius 3 is 2.71 bits per heavy atom. The summed E-state index contributed by atoms with van der Waals surface area (Å²) in [6.07, 6.45) is 2.32. The number of nitrogens with one attached hydrogen (secondary N) is 2. The van der Waals surface area contributed by atoms with E-state index in [4.69, 9.17) is 0 Å². The minimum atomic E-state index is -0.163. The Hall–Kier alpha value is -3.48. The number of aromatic amines is 1. The maximum Gasteiger partial charge on any atom is 0.258 e. The average Bonchev–Trinajstić information content (AvgIpc) is 3.39. The average molecular weight is 375 g/mol. The Kier molecular flexibility index (Phi) is 4.89. The number of fused-ring (bicyclic) bond motifs is 1. The van der Waals surface area contributed by atoms with Gasteiger partial charge in [0, 0.05) is 29.9 Å². The number of carbonyl (C=O) groups is 2. The quantitative estimate of drug-likeness (QED) is 0.717. The van der Waals surface area contributed by atoms with Gasteiger partial charge in [0.25, 0.3) is 11.8 Å². The molecule has 0 fully saturated rings. The van der Waals surface area contributed by atoms with Gasteiger partial charge in [0.1, 0.15) is 12.2 Å². The maximum atomic E-state index is 13.1. The van der Waals surface area contributed by atoms with Crippen molar-refractivity contribution in [1.29, 1.82) is 0 Å². The van der Waals surface area contributed by atoms with Gasteiger partial charge < -0.3 is 10.2 Å². The van der Waals surface area contributed by atoms with E-state index in [2.05, 4.69) is 20.5 Å². The largest absolute Gasteiger partial charge is 0.352 e. The summed E-state index contributed by atoms with van der Waals surface area (Å²) in [4.78, 5) is 31.5. The number of nitrogens with zero attached hydrogens (tertiary/aromatic N) is 3. The molecular weight excluding hydrogens is 354 g/mol. The highest BCUT2D eigenvalue weighted by Crippen LogP contribution is 2.40. The van der Waals surface area contributed by atoms with Crippen LogP contribution in [-0.4, -0.2) is 40.1 Å². The molecule has 0 saturated heterocycles. The predicted molar refractivity (Wildman–Crippen MR) is 105 cm³/mol. The molecule has 1 aromatic heterocycles. The molecule has 0 saturated carbocycles. The fourth-order valence-electron chi connectivity index (χ4n) is 3.49. The van der Waals surface area contributed by atoms with Crippen molar-refractivity contribution < 1.29 is 9.59 Å². The third kappa shape index (κ3) is 3.26. The van der Waals surface area contributed by atoms with Crippen molar-refractivity contribution in [2.24, 2.45) is 0 Å². The van der Waals surface area contributed by atoms with Gasteiger partial charge in [0.2, 0.25) is 0 Å². The van der Waals surface area contributed by atoms with Gasteiger partial charge in [0.15, 0.2) is 0 Å². The number of benzene rings is 2. The molecule has 0 spiro atoms. The molecule has 0 bridgehead atoms. The molecule has 7 heteroatoms. The second kappa shape index (κ2) is 7.64. The number of H-pyrrole nitrogens is 1. The first kappa shape index (κ1) is 17.9. The smallest absolute Gasteiger partial charge is 0.258 e. The highest BCUT2D eigenvalue weighted by Gasteiger charge is 2.35. The highest BCUT2D eigenvalue weighted by atomic mass is 16.2. The zero-order valence-electron chi connectivity index (χ0n) is 15.6. The third-order valence-electron chi connectivity index (χ3n) is 4.89. The lowest BCUT2D eigenvalue weighted by atomic mass is 9.98. The van der Waals surface area contributed by atoms with Crippen LogP contribution < -0.4 is 10.2 Å². The van der Waals surface area contributed by atoms with Crippen molar-refractivity contribution in [1.82, 2.24) is 20.5 Å². The molecule has 1 aliphatic heterocycles. The van der Waals surface area contributed by atoms with Crippen molar-refractivity contribution in [3.05, 3.63) is 77.4 Å². The summed E-state index contributed by atoms with van der Waals surface area (Å²) in [6.45, 7) is 3.08. The van der Waals surface area contributed by atoms with Crippen LogP contribution in [0.5, 0.6) is 0 Å². The van der Waals surface area contributed by atoms with Gasteiger partial charge >= 0.3 is 0 Å². The van der Waals surface area contributed by atoms with Crippen molar-refractivity contribution in [2.45, 2.75) is 19.3 Å². The molecule has 2 amide bonds. The molecule has 1 atom stereocenters. The summed E-state index contributed by atoms with van der Waals surface area (Å²) in [5.41, 5.74) is 2.88. The van der Waals surface area contributed by atoms with Gasteiger partial charge in [-0.3, -0.25) is 14.7 Å². The van der Waals surface area contributed by atoms with Gasteiger partial charge in [-0.15, -0.1) is 0 Å². The first-order chi connectivity index (χ1) is 13.7. The van der Waals surface area contributed by atoms with Gasteiger partial charge in [0.05, 0.1) is 5.92 Å². The van der Waals surface area contributed by atoms with Gasteiger partial charge in [-0.25, -0.2) is 4.98 Å². The van der Waals surface area contributed by atoms with Gasteiger partial charge in [-0.2, -0.15) is 5.10 Å².